The Kier molecular flexibility index (Phi) is 5.11. The Hall–Kier alpha value is -1.43. The van der Waals surface area contributed by atoms with Crippen molar-refractivity contribution < 1.29 is 14.0 Å². The number of benzene rings is 1. The number of rotatable bonds is 5. The highest BCUT2D eigenvalue weighted by Gasteiger charge is 2.19. The average Bonchev–Trinajstić information content (AvgIpc) is 2.83. The summed E-state index contributed by atoms with van der Waals surface area (Å²) < 4.78 is 13.7. The highest BCUT2D eigenvalue weighted by atomic mass is 79.9. The standard InChI is InChI=1S/C14H16BrFN2O2/c15-12-5-4-10(16)9-11(12)14(20)17-6-2-8-18-7-1-3-13(18)19/h4-5,9H,1-3,6-8H2,(H,17,20). The van der Waals surface area contributed by atoms with Gasteiger partial charge in [0.25, 0.3) is 5.91 Å². The van der Waals surface area contributed by atoms with Crippen molar-refractivity contribution in [3.05, 3.63) is 34.1 Å². The number of halogens is 2. The minimum atomic E-state index is -0.444. The molecule has 1 aromatic carbocycles. The molecule has 1 aliphatic rings. The van der Waals surface area contributed by atoms with E-state index >= 15 is 0 Å². The number of nitrogens with zero attached hydrogens (tertiary/aromatic N) is 1. The minimum Gasteiger partial charge on any atom is -0.352 e. The van der Waals surface area contributed by atoms with E-state index in [1.807, 2.05) is 4.90 Å². The fraction of sp³-hybridized carbons (Fsp3) is 0.429. The number of hydrogen-bond donors (Lipinski definition) is 1. The van der Waals surface area contributed by atoms with Gasteiger partial charge in [-0.05, 0) is 47.0 Å². The quantitative estimate of drug-likeness (QED) is 0.835. The molecule has 0 bridgehead atoms. The average molecular weight is 343 g/mol. The molecule has 20 heavy (non-hydrogen) atoms. The van der Waals surface area contributed by atoms with Gasteiger partial charge >= 0.3 is 0 Å². The third kappa shape index (κ3) is 3.79. The fourth-order valence-electron chi connectivity index (χ4n) is 2.18. The van der Waals surface area contributed by atoms with E-state index in [0.717, 1.165) is 13.0 Å². The molecule has 108 valence electrons. The Morgan fingerprint density at radius 2 is 2.25 bits per heavy atom. The Bertz CT molecular complexity index is 522. The zero-order valence-corrected chi connectivity index (χ0v) is 12.6. The van der Waals surface area contributed by atoms with E-state index in [4.69, 9.17) is 0 Å². The molecule has 4 nitrogen and oxygen atoms in total. The van der Waals surface area contributed by atoms with Crippen molar-refractivity contribution in [3.63, 3.8) is 0 Å². The molecule has 0 aromatic heterocycles. The maximum atomic E-state index is 13.1. The van der Waals surface area contributed by atoms with Gasteiger partial charge < -0.3 is 10.2 Å². The Morgan fingerprint density at radius 3 is 2.95 bits per heavy atom. The predicted molar refractivity (Wildman–Crippen MR) is 76.9 cm³/mol. The normalized spacial score (nSPS) is 14.7. The molecule has 1 N–H and O–H groups in total. The molecule has 0 unspecified atom stereocenters. The van der Waals surface area contributed by atoms with Crippen LogP contribution in [-0.4, -0.2) is 36.3 Å². The van der Waals surface area contributed by atoms with E-state index in [9.17, 15) is 14.0 Å². The first-order valence-corrected chi connectivity index (χ1v) is 7.38. The molecule has 2 rings (SSSR count). The van der Waals surface area contributed by atoms with Gasteiger partial charge in [-0.25, -0.2) is 4.39 Å². The Labute approximate surface area is 125 Å². The van der Waals surface area contributed by atoms with Gasteiger partial charge in [-0.3, -0.25) is 9.59 Å². The van der Waals surface area contributed by atoms with Crippen molar-refractivity contribution in [2.45, 2.75) is 19.3 Å². The van der Waals surface area contributed by atoms with E-state index in [2.05, 4.69) is 21.2 Å². The van der Waals surface area contributed by atoms with Crippen LogP contribution in [0.1, 0.15) is 29.6 Å². The molecule has 1 aromatic rings. The minimum absolute atomic E-state index is 0.184. The summed E-state index contributed by atoms with van der Waals surface area (Å²) in [6.07, 6.45) is 2.24. The van der Waals surface area contributed by atoms with Gasteiger partial charge in [-0.15, -0.1) is 0 Å². The van der Waals surface area contributed by atoms with Gasteiger partial charge in [0.05, 0.1) is 5.56 Å². The predicted octanol–water partition coefficient (Wildman–Crippen LogP) is 2.33. The SMILES string of the molecule is O=C(NCCCN1CCCC1=O)c1cc(F)ccc1Br. The second kappa shape index (κ2) is 6.83. The second-order valence-corrected chi connectivity index (χ2v) is 5.57. The van der Waals surface area contributed by atoms with Crippen molar-refractivity contribution in [1.29, 1.82) is 0 Å². The summed E-state index contributed by atoms with van der Waals surface area (Å²) in [5.41, 5.74) is 0.280. The van der Waals surface area contributed by atoms with E-state index in [-0.39, 0.29) is 17.4 Å². The number of carbonyl (C=O) groups excluding carboxylic acids is 2. The molecule has 0 saturated carbocycles. The molecule has 1 fully saturated rings. The molecule has 0 spiro atoms. The Balaban J connectivity index is 1.77. The summed E-state index contributed by atoms with van der Waals surface area (Å²) in [6.45, 7) is 1.93. The lowest BCUT2D eigenvalue weighted by Gasteiger charge is -2.15. The van der Waals surface area contributed by atoms with Crippen LogP contribution in [0.3, 0.4) is 0 Å². The molecule has 1 saturated heterocycles. The van der Waals surface area contributed by atoms with Gasteiger partial charge in [0.15, 0.2) is 0 Å². The first-order valence-electron chi connectivity index (χ1n) is 6.59. The molecule has 6 heteroatoms. The van der Waals surface area contributed by atoms with Gasteiger partial charge in [0.1, 0.15) is 5.82 Å². The summed E-state index contributed by atoms with van der Waals surface area (Å²) in [5.74, 6) is -0.575. The van der Waals surface area contributed by atoms with Crippen LogP contribution >= 0.6 is 15.9 Å². The van der Waals surface area contributed by atoms with Gasteiger partial charge in [-0.2, -0.15) is 0 Å². The van der Waals surface area contributed by atoms with Crippen LogP contribution in [0.4, 0.5) is 4.39 Å². The largest absolute Gasteiger partial charge is 0.352 e. The summed E-state index contributed by atoms with van der Waals surface area (Å²) in [6, 6.07) is 4.00. The number of hydrogen-bond acceptors (Lipinski definition) is 2. The van der Waals surface area contributed by atoms with Crippen LogP contribution in [-0.2, 0) is 4.79 Å². The lowest BCUT2D eigenvalue weighted by Crippen LogP contribution is -2.30. The highest BCUT2D eigenvalue weighted by Crippen LogP contribution is 2.17. The number of nitrogens with one attached hydrogen (secondary N) is 1. The van der Waals surface area contributed by atoms with Gasteiger partial charge in [0, 0.05) is 30.5 Å². The Morgan fingerprint density at radius 1 is 1.45 bits per heavy atom. The first kappa shape index (κ1) is 15.0. The van der Waals surface area contributed by atoms with E-state index in [1.165, 1.54) is 18.2 Å². The number of carbonyl (C=O) groups is 2. The molecule has 2 amide bonds. The zero-order valence-electron chi connectivity index (χ0n) is 11.0. The molecule has 1 aliphatic heterocycles. The molecule has 0 atom stereocenters. The van der Waals surface area contributed by atoms with Crippen molar-refractivity contribution >= 4 is 27.7 Å². The van der Waals surface area contributed by atoms with Crippen molar-refractivity contribution in [1.82, 2.24) is 10.2 Å². The summed E-state index contributed by atoms with van der Waals surface area (Å²) in [5, 5.41) is 2.73. The summed E-state index contributed by atoms with van der Waals surface area (Å²) >= 11 is 3.22. The third-order valence-electron chi connectivity index (χ3n) is 3.23. The molecule has 0 aliphatic carbocycles. The van der Waals surface area contributed by atoms with E-state index in [1.54, 1.807) is 0 Å². The molecule has 1 heterocycles. The van der Waals surface area contributed by atoms with Crippen LogP contribution in [0.2, 0.25) is 0 Å². The molecular weight excluding hydrogens is 327 g/mol. The van der Waals surface area contributed by atoms with Crippen molar-refractivity contribution in [3.8, 4) is 0 Å². The molecule has 0 radical (unpaired) electrons. The second-order valence-electron chi connectivity index (χ2n) is 4.72. The monoisotopic (exact) mass is 342 g/mol. The maximum absolute atomic E-state index is 13.1. The summed E-state index contributed by atoms with van der Waals surface area (Å²) in [7, 11) is 0. The smallest absolute Gasteiger partial charge is 0.252 e. The fourth-order valence-corrected chi connectivity index (χ4v) is 2.61. The zero-order chi connectivity index (χ0) is 14.5. The van der Waals surface area contributed by atoms with Crippen molar-refractivity contribution in [2.24, 2.45) is 0 Å². The van der Waals surface area contributed by atoms with Gasteiger partial charge in [0.2, 0.25) is 5.91 Å². The summed E-state index contributed by atoms with van der Waals surface area (Å²) in [4.78, 5) is 25.1. The van der Waals surface area contributed by atoms with E-state index in [0.29, 0.717) is 30.4 Å². The van der Waals surface area contributed by atoms with Crippen LogP contribution in [0.25, 0.3) is 0 Å². The highest BCUT2D eigenvalue weighted by molar-refractivity contribution is 9.10. The van der Waals surface area contributed by atoms with Gasteiger partial charge in [-0.1, -0.05) is 0 Å². The number of likely N-dealkylation sites (tertiary alicyclic amines) is 1. The first-order chi connectivity index (χ1) is 9.58. The lowest BCUT2D eigenvalue weighted by atomic mass is 10.2. The van der Waals surface area contributed by atoms with Crippen LogP contribution in [0, 0.1) is 5.82 Å². The molecular formula is C14H16BrFN2O2. The van der Waals surface area contributed by atoms with Crippen molar-refractivity contribution in [2.75, 3.05) is 19.6 Å². The number of amides is 2. The van der Waals surface area contributed by atoms with Crippen LogP contribution in [0.5, 0.6) is 0 Å². The topological polar surface area (TPSA) is 49.4 Å². The third-order valence-corrected chi connectivity index (χ3v) is 3.93. The van der Waals surface area contributed by atoms with E-state index < -0.39 is 5.82 Å². The maximum Gasteiger partial charge on any atom is 0.252 e. The van der Waals surface area contributed by atoms with Crippen LogP contribution < -0.4 is 5.32 Å². The van der Waals surface area contributed by atoms with Crippen LogP contribution in [0.15, 0.2) is 22.7 Å². The lowest BCUT2D eigenvalue weighted by molar-refractivity contribution is -0.127.